The number of hydrogen-bond donors (Lipinski definition) is 2. The van der Waals surface area contributed by atoms with Crippen LogP contribution in [0.1, 0.15) is 51.4 Å². The molecule has 0 amide bonds. The summed E-state index contributed by atoms with van der Waals surface area (Å²) in [7, 11) is 0. The lowest BCUT2D eigenvalue weighted by molar-refractivity contribution is 0.445. The summed E-state index contributed by atoms with van der Waals surface area (Å²) in [6.07, 6.45) is 13.6. The van der Waals surface area contributed by atoms with E-state index in [1.807, 2.05) is 0 Å². The summed E-state index contributed by atoms with van der Waals surface area (Å²) >= 11 is 0. The third kappa shape index (κ3) is 1.82. The van der Waals surface area contributed by atoms with Crippen molar-refractivity contribution in [2.24, 2.45) is 23.6 Å². The summed E-state index contributed by atoms with van der Waals surface area (Å²) in [5, 5.41) is 0. The Kier molecular flexibility index (Phi) is 3.03. The van der Waals surface area contributed by atoms with Crippen LogP contribution >= 0.6 is 0 Å². The van der Waals surface area contributed by atoms with Crippen LogP contribution in [0.4, 0.5) is 0 Å². The molecule has 3 N–H and O–H groups in total. The molecule has 0 aromatic rings. The van der Waals surface area contributed by atoms with E-state index in [9.17, 15) is 0 Å². The lowest BCUT2D eigenvalue weighted by Crippen LogP contribution is -2.39. The Morgan fingerprint density at radius 2 is 1.94 bits per heavy atom. The Morgan fingerprint density at radius 1 is 1.12 bits per heavy atom. The van der Waals surface area contributed by atoms with Crippen molar-refractivity contribution in [3.63, 3.8) is 0 Å². The minimum Gasteiger partial charge on any atom is -0.271 e. The first kappa shape index (κ1) is 10.8. The number of hydrogen-bond acceptors (Lipinski definition) is 2. The highest BCUT2D eigenvalue weighted by atomic mass is 15.2. The van der Waals surface area contributed by atoms with Crippen LogP contribution in [0.3, 0.4) is 0 Å². The van der Waals surface area contributed by atoms with Gasteiger partial charge in [-0.05, 0) is 56.3 Å². The minimum absolute atomic E-state index is 0.508. The summed E-state index contributed by atoms with van der Waals surface area (Å²) in [6, 6.07) is 0.508. The first-order chi connectivity index (χ1) is 7.92. The second kappa shape index (κ2) is 4.50. The number of allylic oxidation sites excluding steroid dienone is 1. The van der Waals surface area contributed by atoms with Gasteiger partial charge in [0.2, 0.25) is 0 Å². The molecule has 90 valence electrons. The third-order valence-corrected chi connectivity index (χ3v) is 5.01. The molecule has 0 radical (unpaired) electrons. The third-order valence-electron chi connectivity index (χ3n) is 5.01. The molecular weight excluding hydrogens is 196 g/mol. The van der Waals surface area contributed by atoms with Gasteiger partial charge in [0.15, 0.2) is 0 Å². The molecule has 3 rings (SSSR count). The van der Waals surface area contributed by atoms with E-state index < -0.39 is 0 Å². The maximum absolute atomic E-state index is 5.81. The molecule has 2 saturated carbocycles. The van der Waals surface area contributed by atoms with Gasteiger partial charge >= 0.3 is 0 Å². The molecule has 0 aromatic heterocycles. The van der Waals surface area contributed by atoms with Crippen LogP contribution in [0.5, 0.6) is 0 Å². The highest BCUT2D eigenvalue weighted by Gasteiger charge is 2.56. The van der Waals surface area contributed by atoms with Crippen molar-refractivity contribution in [3.05, 3.63) is 11.6 Å². The van der Waals surface area contributed by atoms with Crippen LogP contribution in [0.25, 0.3) is 0 Å². The quantitative estimate of drug-likeness (QED) is 0.436. The number of hydrazine groups is 1. The van der Waals surface area contributed by atoms with E-state index in [1.165, 1.54) is 51.4 Å². The van der Waals surface area contributed by atoms with Gasteiger partial charge in [0, 0.05) is 6.04 Å². The number of nitrogens with one attached hydrogen (secondary N) is 1. The lowest BCUT2D eigenvalue weighted by atomic mass is 9.94. The first-order valence-corrected chi connectivity index (χ1v) is 7.07. The van der Waals surface area contributed by atoms with Crippen molar-refractivity contribution < 1.29 is 0 Å². The van der Waals surface area contributed by atoms with Gasteiger partial charge in [-0.2, -0.15) is 0 Å². The standard InChI is InChI=1S/C14H24N2/c15-16-14(10-6-3-1-2-4-7-10)13-11-8-5-9-12(11)13/h6,11-14,16H,1-5,7-9,15H2. The van der Waals surface area contributed by atoms with E-state index >= 15 is 0 Å². The first-order valence-electron chi connectivity index (χ1n) is 7.07. The zero-order valence-electron chi connectivity index (χ0n) is 10.1. The molecule has 3 unspecified atom stereocenters. The molecular formula is C14H24N2. The number of fused-ring (bicyclic) bond motifs is 1. The lowest BCUT2D eigenvalue weighted by Gasteiger charge is -2.21. The second-order valence-electron chi connectivity index (χ2n) is 5.86. The Labute approximate surface area is 98.6 Å². The zero-order valence-corrected chi connectivity index (χ0v) is 10.1. The normalized spacial score (nSPS) is 39.8. The van der Waals surface area contributed by atoms with Crippen molar-refractivity contribution in [3.8, 4) is 0 Å². The van der Waals surface area contributed by atoms with Gasteiger partial charge in [-0.1, -0.05) is 24.5 Å². The highest BCUT2D eigenvalue weighted by Crippen LogP contribution is 2.60. The zero-order chi connectivity index (χ0) is 11.0. The monoisotopic (exact) mass is 220 g/mol. The van der Waals surface area contributed by atoms with Crippen LogP contribution in [-0.2, 0) is 0 Å². The number of rotatable bonds is 3. The molecule has 0 saturated heterocycles. The van der Waals surface area contributed by atoms with E-state index in [2.05, 4.69) is 11.5 Å². The van der Waals surface area contributed by atoms with Crippen LogP contribution < -0.4 is 11.3 Å². The van der Waals surface area contributed by atoms with Crippen molar-refractivity contribution >= 4 is 0 Å². The van der Waals surface area contributed by atoms with Gasteiger partial charge in [-0.25, -0.2) is 0 Å². The van der Waals surface area contributed by atoms with Gasteiger partial charge in [0.05, 0.1) is 0 Å². The van der Waals surface area contributed by atoms with Crippen molar-refractivity contribution in [1.29, 1.82) is 0 Å². The van der Waals surface area contributed by atoms with Crippen LogP contribution in [-0.4, -0.2) is 6.04 Å². The molecule has 0 spiro atoms. The molecule has 3 aliphatic carbocycles. The number of nitrogens with two attached hydrogens (primary N) is 1. The van der Waals surface area contributed by atoms with Gasteiger partial charge < -0.3 is 0 Å². The van der Waals surface area contributed by atoms with Crippen LogP contribution in [0.15, 0.2) is 11.6 Å². The Morgan fingerprint density at radius 3 is 2.69 bits per heavy atom. The average molecular weight is 220 g/mol. The fourth-order valence-electron chi connectivity index (χ4n) is 4.16. The smallest absolute Gasteiger partial charge is 0.0453 e. The Balaban J connectivity index is 1.68. The van der Waals surface area contributed by atoms with Gasteiger partial charge in [0.1, 0.15) is 0 Å². The van der Waals surface area contributed by atoms with Crippen molar-refractivity contribution in [2.45, 2.75) is 57.4 Å². The van der Waals surface area contributed by atoms with Gasteiger partial charge in [-0.15, -0.1) is 0 Å². The van der Waals surface area contributed by atoms with Gasteiger partial charge in [-0.3, -0.25) is 11.3 Å². The molecule has 2 nitrogen and oxygen atoms in total. The van der Waals surface area contributed by atoms with E-state index in [4.69, 9.17) is 5.84 Å². The van der Waals surface area contributed by atoms with Crippen molar-refractivity contribution in [1.82, 2.24) is 5.43 Å². The molecule has 0 aliphatic heterocycles. The molecule has 2 fully saturated rings. The predicted molar refractivity (Wildman–Crippen MR) is 66.6 cm³/mol. The summed E-state index contributed by atoms with van der Waals surface area (Å²) in [6.45, 7) is 0. The van der Waals surface area contributed by atoms with E-state index in [0.717, 1.165) is 17.8 Å². The second-order valence-corrected chi connectivity index (χ2v) is 5.86. The maximum Gasteiger partial charge on any atom is 0.0453 e. The Hall–Kier alpha value is -0.340. The fourth-order valence-corrected chi connectivity index (χ4v) is 4.16. The maximum atomic E-state index is 5.81. The summed E-state index contributed by atoms with van der Waals surface area (Å²) in [5.74, 6) is 8.70. The molecule has 2 heteroatoms. The molecule has 16 heavy (non-hydrogen) atoms. The minimum atomic E-state index is 0.508. The van der Waals surface area contributed by atoms with E-state index in [1.54, 1.807) is 5.57 Å². The van der Waals surface area contributed by atoms with Crippen LogP contribution in [0, 0.1) is 17.8 Å². The summed E-state index contributed by atoms with van der Waals surface area (Å²) < 4.78 is 0. The van der Waals surface area contributed by atoms with Crippen LogP contribution in [0.2, 0.25) is 0 Å². The average Bonchev–Trinajstić information content (AvgIpc) is 2.88. The molecule has 0 heterocycles. The summed E-state index contributed by atoms with van der Waals surface area (Å²) in [5.41, 5.74) is 4.75. The topological polar surface area (TPSA) is 38.0 Å². The molecule has 0 aromatic carbocycles. The van der Waals surface area contributed by atoms with Gasteiger partial charge in [0.25, 0.3) is 0 Å². The summed E-state index contributed by atoms with van der Waals surface area (Å²) in [4.78, 5) is 0. The van der Waals surface area contributed by atoms with E-state index in [-0.39, 0.29) is 0 Å². The molecule has 3 aliphatic rings. The predicted octanol–water partition coefficient (Wildman–Crippen LogP) is 2.75. The highest BCUT2D eigenvalue weighted by molar-refractivity contribution is 5.20. The Bertz CT molecular complexity index is 274. The fraction of sp³-hybridized carbons (Fsp3) is 0.857. The molecule has 0 bridgehead atoms. The molecule has 3 atom stereocenters. The van der Waals surface area contributed by atoms with E-state index in [0.29, 0.717) is 6.04 Å². The SMILES string of the molecule is NNC(C1=CCCCCC1)C1C2CCCC21. The largest absolute Gasteiger partial charge is 0.271 e. The van der Waals surface area contributed by atoms with Crippen molar-refractivity contribution in [2.75, 3.05) is 0 Å².